The SMILES string of the molecule is Cc1cnccc1CNC(=O)N1CCOCC1. The number of morpholine rings is 1. The molecule has 0 unspecified atom stereocenters. The highest BCUT2D eigenvalue weighted by Gasteiger charge is 2.16. The molecule has 1 aromatic heterocycles. The van der Waals surface area contributed by atoms with Gasteiger partial charge in [-0.15, -0.1) is 0 Å². The summed E-state index contributed by atoms with van der Waals surface area (Å²) in [5.41, 5.74) is 2.19. The number of aryl methyl sites for hydroxylation is 1. The van der Waals surface area contributed by atoms with E-state index in [0.717, 1.165) is 11.1 Å². The number of carbonyl (C=O) groups excluding carboxylic acids is 1. The van der Waals surface area contributed by atoms with Crippen LogP contribution in [-0.2, 0) is 11.3 Å². The first-order chi connectivity index (χ1) is 8.27. The predicted molar refractivity (Wildman–Crippen MR) is 63.6 cm³/mol. The van der Waals surface area contributed by atoms with Crippen LogP contribution in [0, 0.1) is 6.92 Å². The Morgan fingerprint density at radius 3 is 3.00 bits per heavy atom. The van der Waals surface area contributed by atoms with Crippen LogP contribution >= 0.6 is 0 Å². The van der Waals surface area contributed by atoms with E-state index in [1.54, 1.807) is 17.3 Å². The van der Waals surface area contributed by atoms with Crippen LogP contribution in [0.15, 0.2) is 18.5 Å². The molecular formula is C12H17N3O2. The Bertz CT molecular complexity index is 389. The molecule has 0 radical (unpaired) electrons. The zero-order chi connectivity index (χ0) is 12.1. The van der Waals surface area contributed by atoms with Crippen LogP contribution in [0.3, 0.4) is 0 Å². The Morgan fingerprint density at radius 2 is 2.29 bits per heavy atom. The number of aromatic nitrogens is 1. The van der Waals surface area contributed by atoms with Crippen molar-refractivity contribution in [1.82, 2.24) is 15.2 Å². The second-order valence-electron chi connectivity index (χ2n) is 4.06. The van der Waals surface area contributed by atoms with Gasteiger partial charge < -0.3 is 15.0 Å². The molecule has 1 aliphatic rings. The van der Waals surface area contributed by atoms with Crippen LogP contribution < -0.4 is 5.32 Å². The largest absolute Gasteiger partial charge is 0.378 e. The molecule has 2 heterocycles. The van der Waals surface area contributed by atoms with Gasteiger partial charge in [-0.3, -0.25) is 4.98 Å². The van der Waals surface area contributed by atoms with Gasteiger partial charge in [0.15, 0.2) is 0 Å². The molecule has 1 N–H and O–H groups in total. The number of rotatable bonds is 2. The molecule has 0 spiro atoms. The Hall–Kier alpha value is -1.62. The molecule has 5 nitrogen and oxygen atoms in total. The molecule has 0 aliphatic carbocycles. The lowest BCUT2D eigenvalue weighted by atomic mass is 10.1. The maximum atomic E-state index is 11.8. The molecule has 0 bridgehead atoms. The molecule has 0 aromatic carbocycles. The first-order valence-corrected chi connectivity index (χ1v) is 5.77. The quantitative estimate of drug-likeness (QED) is 0.829. The summed E-state index contributed by atoms with van der Waals surface area (Å²) in [5, 5.41) is 2.91. The lowest BCUT2D eigenvalue weighted by Crippen LogP contribution is -2.45. The highest BCUT2D eigenvalue weighted by molar-refractivity contribution is 5.74. The number of hydrogen-bond donors (Lipinski definition) is 1. The van der Waals surface area contributed by atoms with Gasteiger partial charge in [0.05, 0.1) is 13.2 Å². The number of carbonyl (C=O) groups is 1. The van der Waals surface area contributed by atoms with Gasteiger partial charge in [-0.1, -0.05) is 0 Å². The van der Waals surface area contributed by atoms with E-state index in [1.807, 2.05) is 13.0 Å². The zero-order valence-corrected chi connectivity index (χ0v) is 9.98. The van der Waals surface area contributed by atoms with Gasteiger partial charge >= 0.3 is 6.03 Å². The average molecular weight is 235 g/mol. The lowest BCUT2D eigenvalue weighted by Gasteiger charge is -2.27. The van der Waals surface area contributed by atoms with Crippen LogP contribution in [0.5, 0.6) is 0 Å². The second kappa shape index (κ2) is 5.63. The summed E-state index contributed by atoms with van der Waals surface area (Å²) < 4.78 is 5.20. The molecule has 17 heavy (non-hydrogen) atoms. The first-order valence-electron chi connectivity index (χ1n) is 5.77. The zero-order valence-electron chi connectivity index (χ0n) is 9.98. The van der Waals surface area contributed by atoms with E-state index in [4.69, 9.17) is 4.74 Å². The van der Waals surface area contributed by atoms with Gasteiger partial charge in [0.1, 0.15) is 0 Å². The normalized spacial score (nSPS) is 15.7. The molecular weight excluding hydrogens is 218 g/mol. The maximum absolute atomic E-state index is 11.8. The molecule has 2 rings (SSSR count). The van der Waals surface area contributed by atoms with E-state index in [-0.39, 0.29) is 6.03 Å². The smallest absolute Gasteiger partial charge is 0.317 e. The molecule has 0 saturated carbocycles. The minimum absolute atomic E-state index is 0.0236. The Kier molecular flexibility index (Phi) is 3.93. The Balaban J connectivity index is 1.85. The lowest BCUT2D eigenvalue weighted by molar-refractivity contribution is 0.0531. The van der Waals surface area contributed by atoms with Gasteiger partial charge in [0.2, 0.25) is 0 Å². The van der Waals surface area contributed by atoms with Crippen LogP contribution in [0.25, 0.3) is 0 Å². The molecule has 1 aliphatic heterocycles. The average Bonchev–Trinajstić information content (AvgIpc) is 2.38. The predicted octanol–water partition coefficient (Wildman–Crippen LogP) is 0.932. The molecule has 1 saturated heterocycles. The number of pyridine rings is 1. The molecule has 2 amide bonds. The summed E-state index contributed by atoms with van der Waals surface area (Å²) in [6.07, 6.45) is 3.54. The summed E-state index contributed by atoms with van der Waals surface area (Å²) in [7, 11) is 0. The number of urea groups is 1. The third-order valence-corrected chi connectivity index (χ3v) is 2.86. The molecule has 92 valence electrons. The Morgan fingerprint density at radius 1 is 1.53 bits per heavy atom. The van der Waals surface area contributed by atoms with E-state index in [2.05, 4.69) is 10.3 Å². The summed E-state index contributed by atoms with van der Waals surface area (Å²) >= 11 is 0. The minimum Gasteiger partial charge on any atom is -0.378 e. The first kappa shape index (κ1) is 11.9. The van der Waals surface area contributed by atoms with Crippen LogP contribution in [0.2, 0.25) is 0 Å². The number of ether oxygens (including phenoxy) is 1. The van der Waals surface area contributed by atoms with Crippen LogP contribution in [0.4, 0.5) is 4.79 Å². The van der Waals surface area contributed by atoms with E-state index in [1.165, 1.54) is 0 Å². The maximum Gasteiger partial charge on any atom is 0.317 e. The van der Waals surface area contributed by atoms with Crippen molar-refractivity contribution in [2.45, 2.75) is 13.5 Å². The molecule has 1 aromatic rings. The number of nitrogens with one attached hydrogen (secondary N) is 1. The molecule has 5 heteroatoms. The standard InChI is InChI=1S/C12H17N3O2/c1-10-8-13-3-2-11(10)9-14-12(16)15-4-6-17-7-5-15/h2-3,8H,4-7,9H2,1H3,(H,14,16). The molecule has 0 atom stereocenters. The van der Waals surface area contributed by atoms with Gasteiger partial charge in [-0.25, -0.2) is 4.79 Å². The molecule has 1 fully saturated rings. The van der Waals surface area contributed by atoms with Gasteiger partial charge in [0.25, 0.3) is 0 Å². The fourth-order valence-corrected chi connectivity index (χ4v) is 1.75. The van der Waals surface area contributed by atoms with Crippen molar-refractivity contribution < 1.29 is 9.53 Å². The van der Waals surface area contributed by atoms with E-state index in [0.29, 0.717) is 32.8 Å². The van der Waals surface area contributed by atoms with Gasteiger partial charge in [-0.05, 0) is 24.1 Å². The summed E-state index contributed by atoms with van der Waals surface area (Å²) in [4.78, 5) is 17.6. The fraction of sp³-hybridized carbons (Fsp3) is 0.500. The van der Waals surface area contributed by atoms with Crippen molar-refractivity contribution >= 4 is 6.03 Å². The monoisotopic (exact) mass is 235 g/mol. The number of amides is 2. The Labute approximate surface area is 101 Å². The number of nitrogens with zero attached hydrogens (tertiary/aromatic N) is 2. The van der Waals surface area contributed by atoms with Crippen LogP contribution in [-0.4, -0.2) is 42.2 Å². The van der Waals surface area contributed by atoms with Crippen LogP contribution in [0.1, 0.15) is 11.1 Å². The second-order valence-corrected chi connectivity index (χ2v) is 4.06. The summed E-state index contributed by atoms with van der Waals surface area (Å²) in [6.45, 7) is 5.12. The summed E-state index contributed by atoms with van der Waals surface area (Å²) in [5.74, 6) is 0. The minimum atomic E-state index is -0.0236. The van der Waals surface area contributed by atoms with Crippen molar-refractivity contribution in [2.75, 3.05) is 26.3 Å². The van der Waals surface area contributed by atoms with E-state index < -0.39 is 0 Å². The van der Waals surface area contributed by atoms with Crippen molar-refractivity contribution in [3.05, 3.63) is 29.6 Å². The van der Waals surface area contributed by atoms with Crippen molar-refractivity contribution in [3.63, 3.8) is 0 Å². The third kappa shape index (κ3) is 3.17. The van der Waals surface area contributed by atoms with Crippen molar-refractivity contribution in [3.8, 4) is 0 Å². The third-order valence-electron chi connectivity index (χ3n) is 2.86. The highest BCUT2D eigenvalue weighted by atomic mass is 16.5. The van der Waals surface area contributed by atoms with E-state index >= 15 is 0 Å². The fourth-order valence-electron chi connectivity index (χ4n) is 1.75. The van der Waals surface area contributed by atoms with Crippen molar-refractivity contribution in [1.29, 1.82) is 0 Å². The topological polar surface area (TPSA) is 54.5 Å². The van der Waals surface area contributed by atoms with Gasteiger partial charge in [-0.2, -0.15) is 0 Å². The number of hydrogen-bond acceptors (Lipinski definition) is 3. The highest BCUT2D eigenvalue weighted by Crippen LogP contribution is 2.05. The summed E-state index contributed by atoms with van der Waals surface area (Å²) in [6, 6.07) is 1.90. The van der Waals surface area contributed by atoms with Gasteiger partial charge in [0, 0.05) is 32.0 Å². The van der Waals surface area contributed by atoms with E-state index in [9.17, 15) is 4.79 Å². The van der Waals surface area contributed by atoms with Crippen molar-refractivity contribution in [2.24, 2.45) is 0 Å².